The minimum Gasteiger partial charge on any atom is -0.424 e. The number of morpholine rings is 1. The fourth-order valence-corrected chi connectivity index (χ4v) is 8.25. The molecule has 2 unspecified atom stereocenters. The molecule has 17 nitrogen and oxygen atoms in total. The summed E-state index contributed by atoms with van der Waals surface area (Å²) in [7, 11) is -8.02. The van der Waals surface area contributed by atoms with Gasteiger partial charge in [0.25, 0.3) is 0 Å². The fraction of sp³-hybridized carbons (Fsp3) is 0.276. The molecule has 5 N–H and O–H groups in total. The summed E-state index contributed by atoms with van der Waals surface area (Å²) < 4.78 is 60.9. The standard InChI is InChI=1S/C29H32FN7O10P2/c1-4-23(38)32-18-7-5-6-17(12-18)26-20-16-31-36-28(20)35-29(34-26)33-19-13-21(30)27(37-8-10-46-11-9-37)22(14-19)47-24(39)15-25(48(40,41)44-2)49(42,43)45-3/h4-7,12-14,16,25H,1,8-11,15H2,2-3H3,(H,32,38)(H,40,41)(H,42,43)(H2,31,33,34,35,36). The topological polar surface area (TPSA) is 227 Å². The van der Waals surface area contributed by atoms with Gasteiger partial charge in [-0.3, -0.25) is 23.8 Å². The average molecular weight is 720 g/mol. The number of esters is 1. The summed E-state index contributed by atoms with van der Waals surface area (Å²) in [6.45, 7) is 4.47. The van der Waals surface area contributed by atoms with Gasteiger partial charge in [-0.25, -0.2) is 9.37 Å². The number of carbonyl (C=O) groups is 2. The van der Waals surface area contributed by atoms with Crippen LogP contribution in [-0.2, 0) is 32.5 Å². The van der Waals surface area contributed by atoms with Crippen LogP contribution in [-0.4, -0.2) is 87.8 Å². The Morgan fingerprint density at radius 2 is 1.84 bits per heavy atom. The van der Waals surface area contributed by atoms with Gasteiger partial charge in [0.1, 0.15) is 5.69 Å². The SMILES string of the molecule is C=CC(=O)Nc1cccc(-c2nc(Nc3cc(F)c(N4CCOCC4)c(OC(=O)CC(P(=O)(O)OC)P(=O)(O)OC)c3)nc3[nH]ncc23)c1. The summed E-state index contributed by atoms with van der Waals surface area (Å²) in [4.78, 5) is 56.0. The van der Waals surface area contributed by atoms with Crippen molar-refractivity contribution >= 4 is 61.1 Å². The molecule has 0 spiro atoms. The quantitative estimate of drug-likeness (QED) is 0.0566. The van der Waals surface area contributed by atoms with E-state index in [1.807, 2.05) is 0 Å². The third kappa shape index (κ3) is 8.20. The van der Waals surface area contributed by atoms with E-state index in [1.165, 1.54) is 12.3 Å². The van der Waals surface area contributed by atoms with Gasteiger partial charge in [0.2, 0.25) is 11.9 Å². The van der Waals surface area contributed by atoms with E-state index >= 15 is 4.39 Å². The van der Waals surface area contributed by atoms with E-state index in [4.69, 9.17) is 9.47 Å². The maximum atomic E-state index is 15.9. The van der Waals surface area contributed by atoms with Crippen molar-refractivity contribution < 1.29 is 51.4 Å². The summed E-state index contributed by atoms with van der Waals surface area (Å²) >= 11 is 0. The lowest BCUT2D eigenvalue weighted by Gasteiger charge is -2.30. The summed E-state index contributed by atoms with van der Waals surface area (Å²) in [5.41, 5.74) is 1.74. The van der Waals surface area contributed by atoms with Gasteiger partial charge in [-0.15, -0.1) is 0 Å². The monoisotopic (exact) mass is 719 g/mol. The first-order valence-corrected chi connectivity index (χ1v) is 17.8. The number of carbonyl (C=O) groups excluding carboxylic acids is 2. The van der Waals surface area contributed by atoms with Crippen LogP contribution in [0.25, 0.3) is 22.3 Å². The minimum atomic E-state index is -4.84. The number of H-pyrrole nitrogens is 1. The molecule has 1 aliphatic rings. The molecular formula is C29H32FN7O10P2. The van der Waals surface area contributed by atoms with E-state index in [0.717, 1.165) is 26.4 Å². The number of anilines is 4. The van der Waals surface area contributed by atoms with Crippen molar-refractivity contribution in [2.75, 3.05) is 56.1 Å². The number of fused-ring (bicyclic) bond motifs is 1. The number of rotatable bonds is 13. The second-order valence-corrected chi connectivity index (χ2v) is 15.1. The van der Waals surface area contributed by atoms with Crippen LogP contribution in [0.2, 0.25) is 0 Å². The molecule has 0 saturated carbocycles. The molecule has 0 bridgehead atoms. The Labute approximate surface area is 278 Å². The molecular weight excluding hydrogens is 687 g/mol. The van der Waals surface area contributed by atoms with E-state index in [-0.39, 0.29) is 49.4 Å². The van der Waals surface area contributed by atoms with Crippen LogP contribution < -0.4 is 20.3 Å². The molecule has 1 fully saturated rings. The van der Waals surface area contributed by atoms with Gasteiger partial charge in [0, 0.05) is 50.3 Å². The van der Waals surface area contributed by atoms with Gasteiger partial charge in [0.15, 0.2) is 22.6 Å². The number of hydrogen-bond acceptors (Lipinski definition) is 13. The third-order valence-electron chi connectivity index (χ3n) is 7.36. The van der Waals surface area contributed by atoms with Gasteiger partial charge in [-0.05, 0) is 24.3 Å². The number of aromatic nitrogens is 4. The zero-order valence-electron chi connectivity index (χ0n) is 26.2. The molecule has 2 atom stereocenters. The Balaban J connectivity index is 1.51. The molecule has 2 aromatic carbocycles. The van der Waals surface area contributed by atoms with Crippen LogP contribution in [0.5, 0.6) is 5.75 Å². The maximum absolute atomic E-state index is 15.9. The highest BCUT2D eigenvalue weighted by Gasteiger charge is 2.48. The van der Waals surface area contributed by atoms with Crippen molar-refractivity contribution in [2.24, 2.45) is 0 Å². The Bertz CT molecular complexity index is 1960. The number of amides is 1. The first-order chi connectivity index (χ1) is 23.3. The van der Waals surface area contributed by atoms with Crippen LogP contribution in [0, 0.1) is 5.82 Å². The Morgan fingerprint density at radius 1 is 1.12 bits per heavy atom. The van der Waals surface area contributed by atoms with Gasteiger partial charge < -0.3 is 43.8 Å². The van der Waals surface area contributed by atoms with E-state index in [2.05, 4.69) is 46.4 Å². The highest BCUT2D eigenvalue weighted by molar-refractivity contribution is 7.71. The van der Waals surface area contributed by atoms with Crippen molar-refractivity contribution in [2.45, 2.75) is 11.8 Å². The number of nitrogens with one attached hydrogen (secondary N) is 3. The molecule has 2 aromatic heterocycles. The molecule has 3 heterocycles. The molecule has 4 aromatic rings. The van der Waals surface area contributed by atoms with Gasteiger partial charge in [-0.1, -0.05) is 18.7 Å². The van der Waals surface area contributed by atoms with Crippen molar-refractivity contribution in [3.8, 4) is 17.0 Å². The zero-order valence-corrected chi connectivity index (χ0v) is 27.9. The van der Waals surface area contributed by atoms with Gasteiger partial charge in [-0.2, -0.15) is 10.1 Å². The van der Waals surface area contributed by atoms with Gasteiger partial charge >= 0.3 is 21.2 Å². The second-order valence-electron chi connectivity index (χ2n) is 10.5. The van der Waals surface area contributed by atoms with Crippen LogP contribution in [0.3, 0.4) is 0 Å². The highest BCUT2D eigenvalue weighted by atomic mass is 31.2. The Hall–Kier alpha value is -4.54. The van der Waals surface area contributed by atoms with E-state index in [1.54, 1.807) is 29.2 Å². The molecule has 1 amide bonds. The Morgan fingerprint density at radius 3 is 2.51 bits per heavy atom. The predicted molar refractivity (Wildman–Crippen MR) is 176 cm³/mol. The highest BCUT2D eigenvalue weighted by Crippen LogP contribution is 2.66. The first kappa shape index (κ1) is 35.8. The Kier molecular flexibility index (Phi) is 10.9. The first-order valence-electron chi connectivity index (χ1n) is 14.5. The molecule has 1 aliphatic heterocycles. The average Bonchev–Trinajstić information content (AvgIpc) is 3.56. The summed E-state index contributed by atoms with van der Waals surface area (Å²) in [5, 5.41) is 10.8. The lowest BCUT2D eigenvalue weighted by Crippen LogP contribution is -2.37. The van der Waals surface area contributed by atoms with Crippen LogP contribution in [0.15, 0.2) is 55.3 Å². The zero-order chi connectivity index (χ0) is 35.3. The predicted octanol–water partition coefficient (Wildman–Crippen LogP) is 4.15. The molecule has 20 heteroatoms. The number of benzene rings is 2. The fourth-order valence-electron chi connectivity index (χ4n) is 4.97. The summed E-state index contributed by atoms with van der Waals surface area (Å²) in [6, 6.07) is 9.26. The number of nitrogens with zero attached hydrogens (tertiary/aromatic N) is 4. The molecule has 0 aliphatic carbocycles. The molecule has 1 saturated heterocycles. The number of hydrogen-bond donors (Lipinski definition) is 5. The number of ether oxygens (including phenoxy) is 2. The largest absolute Gasteiger partial charge is 0.424 e. The van der Waals surface area contributed by atoms with Crippen molar-refractivity contribution in [1.29, 1.82) is 0 Å². The molecule has 49 heavy (non-hydrogen) atoms. The number of halogens is 1. The molecule has 5 rings (SSSR count). The van der Waals surface area contributed by atoms with Crippen LogP contribution in [0.4, 0.5) is 27.4 Å². The van der Waals surface area contributed by atoms with Crippen molar-refractivity contribution in [3.05, 3.63) is 61.1 Å². The smallest absolute Gasteiger partial charge is 0.343 e. The maximum Gasteiger partial charge on any atom is 0.343 e. The molecule has 0 radical (unpaired) electrons. The molecule has 260 valence electrons. The van der Waals surface area contributed by atoms with Gasteiger partial charge in [0.05, 0.1) is 36.9 Å². The van der Waals surface area contributed by atoms with Crippen molar-refractivity contribution in [3.63, 3.8) is 0 Å². The van der Waals surface area contributed by atoms with Crippen LogP contribution >= 0.6 is 15.2 Å². The van der Waals surface area contributed by atoms with E-state index < -0.39 is 44.7 Å². The summed E-state index contributed by atoms with van der Waals surface area (Å²) in [6.07, 6.45) is 1.57. The minimum absolute atomic E-state index is 0.00855. The lowest BCUT2D eigenvalue weighted by atomic mass is 10.1. The third-order valence-corrected chi connectivity index (χ3v) is 12.0. The van der Waals surface area contributed by atoms with Crippen molar-refractivity contribution in [1.82, 2.24) is 20.2 Å². The summed E-state index contributed by atoms with van der Waals surface area (Å²) in [5.74, 6) is -2.77. The normalized spacial score (nSPS) is 16.3. The van der Waals surface area contributed by atoms with E-state index in [0.29, 0.717) is 28.0 Å². The number of aromatic amines is 1. The van der Waals surface area contributed by atoms with E-state index in [9.17, 15) is 28.5 Å². The second kappa shape index (κ2) is 14.9. The van der Waals surface area contributed by atoms with Crippen LogP contribution in [0.1, 0.15) is 6.42 Å². The lowest BCUT2D eigenvalue weighted by molar-refractivity contribution is -0.134.